The highest BCUT2D eigenvalue weighted by Gasteiger charge is 2.14. The molecule has 5 nitrogen and oxygen atoms in total. The monoisotopic (exact) mass is 414 g/mol. The molecule has 1 N–H and O–H groups in total. The van der Waals surface area contributed by atoms with Gasteiger partial charge in [-0.3, -0.25) is 4.79 Å². The first kappa shape index (κ1) is 21.0. The number of aryl methyl sites for hydroxylation is 1. The van der Waals surface area contributed by atoms with Crippen molar-refractivity contribution in [3.05, 3.63) is 78.1 Å². The minimum atomic E-state index is -0.0381. The summed E-state index contributed by atoms with van der Waals surface area (Å²) in [5, 5.41) is 3.11. The minimum absolute atomic E-state index is 0.0381. The van der Waals surface area contributed by atoms with Crippen LogP contribution >= 0.6 is 0 Å². The van der Waals surface area contributed by atoms with Crippen molar-refractivity contribution in [3.63, 3.8) is 0 Å². The maximum Gasteiger partial charge on any atom is 0.251 e. The van der Waals surface area contributed by atoms with Crippen LogP contribution in [-0.4, -0.2) is 35.0 Å². The third-order valence-corrected chi connectivity index (χ3v) is 5.86. The second kappa shape index (κ2) is 10.2. The summed E-state index contributed by atoms with van der Waals surface area (Å²) in [5.74, 6) is 0.947. The molecule has 4 rings (SSSR count). The normalized spacial score (nSPS) is 14.8. The Morgan fingerprint density at radius 3 is 2.48 bits per heavy atom. The highest BCUT2D eigenvalue weighted by Crippen LogP contribution is 2.23. The lowest BCUT2D eigenvalue weighted by Crippen LogP contribution is -2.32. The van der Waals surface area contributed by atoms with Crippen LogP contribution in [0.5, 0.6) is 0 Å². The molecular weight excluding hydrogens is 384 g/mol. The molecule has 1 aliphatic rings. The van der Waals surface area contributed by atoms with Crippen LogP contribution in [0.25, 0.3) is 11.3 Å². The lowest BCUT2D eigenvalue weighted by atomic mass is 10.1. The Bertz CT molecular complexity index is 982. The summed E-state index contributed by atoms with van der Waals surface area (Å²) < 4.78 is 0. The van der Waals surface area contributed by atoms with Gasteiger partial charge >= 0.3 is 0 Å². The summed E-state index contributed by atoms with van der Waals surface area (Å²) >= 11 is 0. The topological polar surface area (TPSA) is 58.1 Å². The SMILES string of the molecule is C[C@@H](CCc1ccccc1)NC(=O)c1ccc(-c2cc(N3CCCCC3)ncn2)cc1. The first-order valence-electron chi connectivity index (χ1n) is 11.2. The zero-order chi connectivity index (χ0) is 21.5. The number of rotatable bonds is 7. The molecule has 1 amide bonds. The van der Waals surface area contributed by atoms with Crippen molar-refractivity contribution in [1.82, 2.24) is 15.3 Å². The maximum absolute atomic E-state index is 12.6. The van der Waals surface area contributed by atoms with Gasteiger partial charge in [0.25, 0.3) is 5.91 Å². The predicted molar refractivity (Wildman–Crippen MR) is 125 cm³/mol. The summed E-state index contributed by atoms with van der Waals surface area (Å²) in [4.78, 5) is 23.9. The second-order valence-corrected chi connectivity index (χ2v) is 8.29. The number of carbonyl (C=O) groups excluding carboxylic acids is 1. The van der Waals surface area contributed by atoms with Crippen molar-refractivity contribution in [1.29, 1.82) is 0 Å². The molecule has 0 radical (unpaired) electrons. The Balaban J connectivity index is 1.36. The number of nitrogens with zero attached hydrogens (tertiary/aromatic N) is 3. The van der Waals surface area contributed by atoms with E-state index in [1.165, 1.54) is 24.8 Å². The fourth-order valence-corrected chi connectivity index (χ4v) is 4.00. The van der Waals surface area contributed by atoms with Crippen LogP contribution in [0.2, 0.25) is 0 Å². The minimum Gasteiger partial charge on any atom is -0.357 e. The summed E-state index contributed by atoms with van der Waals surface area (Å²) in [5.41, 5.74) is 3.84. The van der Waals surface area contributed by atoms with E-state index in [0.29, 0.717) is 5.56 Å². The van der Waals surface area contributed by atoms with Gasteiger partial charge in [-0.05, 0) is 56.7 Å². The number of anilines is 1. The number of piperidine rings is 1. The number of carbonyl (C=O) groups is 1. The van der Waals surface area contributed by atoms with Gasteiger partial charge in [0, 0.05) is 36.3 Å². The predicted octanol–water partition coefficient (Wildman–Crippen LogP) is 4.89. The Morgan fingerprint density at radius 1 is 1.00 bits per heavy atom. The number of benzene rings is 2. The Labute approximate surface area is 184 Å². The van der Waals surface area contributed by atoms with Crippen LogP contribution in [0.4, 0.5) is 5.82 Å². The zero-order valence-electron chi connectivity index (χ0n) is 18.1. The third-order valence-electron chi connectivity index (χ3n) is 5.86. The standard InChI is InChI=1S/C26H30N4O/c1-20(10-11-21-8-4-2-5-9-21)29-26(31)23-14-12-22(13-15-23)24-18-25(28-19-27-24)30-16-6-3-7-17-30/h2,4-5,8-9,12-15,18-20H,3,6-7,10-11,16-17H2,1H3,(H,29,31)/t20-/m0/s1. The average molecular weight is 415 g/mol. The van der Waals surface area contributed by atoms with Crippen molar-refractivity contribution in [2.75, 3.05) is 18.0 Å². The van der Waals surface area contributed by atoms with Gasteiger partial charge in [0.1, 0.15) is 12.1 Å². The molecule has 2 aromatic carbocycles. The Kier molecular flexibility index (Phi) is 6.92. The van der Waals surface area contributed by atoms with Gasteiger partial charge in [0.2, 0.25) is 0 Å². The van der Waals surface area contributed by atoms with E-state index >= 15 is 0 Å². The summed E-state index contributed by atoms with van der Waals surface area (Å²) in [7, 11) is 0. The molecule has 0 spiro atoms. The number of nitrogens with one attached hydrogen (secondary N) is 1. The van der Waals surface area contributed by atoms with Crippen molar-refractivity contribution >= 4 is 11.7 Å². The van der Waals surface area contributed by atoms with Gasteiger partial charge in [-0.2, -0.15) is 0 Å². The zero-order valence-corrected chi connectivity index (χ0v) is 18.1. The molecule has 2 heterocycles. The molecular formula is C26H30N4O. The van der Waals surface area contributed by atoms with Gasteiger partial charge in [0.15, 0.2) is 0 Å². The average Bonchev–Trinajstić information content (AvgIpc) is 2.84. The van der Waals surface area contributed by atoms with Crippen molar-refractivity contribution < 1.29 is 4.79 Å². The summed E-state index contributed by atoms with van der Waals surface area (Å²) in [6, 6.07) is 20.2. The first-order valence-corrected chi connectivity index (χ1v) is 11.2. The smallest absolute Gasteiger partial charge is 0.251 e. The van der Waals surface area contributed by atoms with E-state index in [1.54, 1.807) is 6.33 Å². The van der Waals surface area contributed by atoms with E-state index < -0.39 is 0 Å². The van der Waals surface area contributed by atoms with Crippen LogP contribution < -0.4 is 10.2 Å². The van der Waals surface area contributed by atoms with E-state index in [4.69, 9.17) is 0 Å². The molecule has 0 aliphatic carbocycles. The maximum atomic E-state index is 12.6. The highest BCUT2D eigenvalue weighted by molar-refractivity contribution is 5.94. The van der Waals surface area contributed by atoms with Crippen LogP contribution in [0.1, 0.15) is 48.5 Å². The molecule has 160 valence electrons. The van der Waals surface area contributed by atoms with Gasteiger partial charge in [0.05, 0.1) is 5.69 Å². The van der Waals surface area contributed by atoms with Crippen molar-refractivity contribution in [2.45, 2.75) is 45.1 Å². The van der Waals surface area contributed by atoms with Gasteiger partial charge < -0.3 is 10.2 Å². The van der Waals surface area contributed by atoms with Crippen molar-refractivity contribution in [3.8, 4) is 11.3 Å². The molecule has 1 fully saturated rings. The largest absolute Gasteiger partial charge is 0.357 e. The van der Waals surface area contributed by atoms with E-state index in [0.717, 1.165) is 43.0 Å². The summed E-state index contributed by atoms with van der Waals surface area (Å²) in [6.07, 6.45) is 7.22. The lowest BCUT2D eigenvalue weighted by molar-refractivity contribution is 0.0938. The molecule has 0 saturated carbocycles. The number of amides is 1. The van der Waals surface area contributed by atoms with E-state index in [1.807, 2.05) is 48.5 Å². The fourth-order valence-electron chi connectivity index (χ4n) is 4.00. The van der Waals surface area contributed by atoms with E-state index in [2.05, 4.69) is 39.2 Å². The molecule has 1 aliphatic heterocycles. The lowest BCUT2D eigenvalue weighted by Gasteiger charge is -2.27. The molecule has 31 heavy (non-hydrogen) atoms. The molecule has 1 atom stereocenters. The van der Waals surface area contributed by atoms with Gasteiger partial charge in [-0.25, -0.2) is 9.97 Å². The van der Waals surface area contributed by atoms with Gasteiger partial charge in [-0.15, -0.1) is 0 Å². The van der Waals surface area contributed by atoms with Crippen LogP contribution in [0, 0.1) is 0 Å². The van der Waals surface area contributed by atoms with Crippen LogP contribution in [-0.2, 0) is 6.42 Å². The molecule has 0 unspecified atom stereocenters. The Morgan fingerprint density at radius 2 is 1.74 bits per heavy atom. The third kappa shape index (κ3) is 5.69. The Hall–Kier alpha value is -3.21. The van der Waals surface area contributed by atoms with Crippen LogP contribution in [0.15, 0.2) is 67.0 Å². The molecule has 3 aromatic rings. The van der Waals surface area contributed by atoms with Gasteiger partial charge in [-0.1, -0.05) is 42.5 Å². The molecule has 1 saturated heterocycles. The van der Waals surface area contributed by atoms with E-state index in [9.17, 15) is 4.79 Å². The number of aromatic nitrogens is 2. The summed E-state index contributed by atoms with van der Waals surface area (Å²) in [6.45, 7) is 4.16. The van der Waals surface area contributed by atoms with Crippen LogP contribution in [0.3, 0.4) is 0 Å². The first-order chi connectivity index (χ1) is 15.2. The van der Waals surface area contributed by atoms with E-state index in [-0.39, 0.29) is 11.9 Å². The molecule has 5 heteroatoms. The second-order valence-electron chi connectivity index (χ2n) is 8.29. The highest BCUT2D eigenvalue weighted by atomic mass is 16.1. The quantitative estimate of drug-likeness (QED) is 0.598. The van der Waals surface area contributed by atoms with Crippen molar-refractivity contribution in [2.24, 2.45) is 0 Å². The molecule has 0 bridgehead atoms. The fraction of sp³-hybridized carbons (Fsp3) is 0.346. The number of hydrogen-bond donors (Lipinski definition) is 1. The number of hydrogen-bond acceptors (Lipinski definition) is 4. The molecule has 1 aromatic heterocycles.